The molecular weight excluding hydrogens is 939 g/mol. The van der Waals surface area contributed by atoms with Crippen LogP contribution in [0.5, 0.6) is 0 Å². The molecule has 0 saturated carbocycles. The number of aliphatic hydroxyl groups excluding tert-OH is 11. The maximum atomic E-state index is 13.3. The lowest BCUT2D eigenvalue weighted by atomic mass is 9.96. The Bertz CT molecular complexity index is 1430. The van der Waals surface area contributed by atoms with Gasteiger partial charge in [0.25, 0.3) is 0 Å². The van der Waals surface area contributed by atoms with E-state index in [2.05, 4.69) is 43.5 Å². The van der Waals surface area contributed by atoms with Crippen LogP contribution >= 0.6 is 0 Å². The molecule has 0 aromatic rings. The summed E-state index contributed by atoms with van der Waals surface area (Å²) in [4.78, 5) is 13.3. The molecule has 3 rings (SSSR count). The van der Waals surface area contributed by atoms with Gasteiger partial charge in [-0.3, -0.25) is 4.79 Å². The van der Waals surface area contributed by atoms with Crippen LogP contribution in [-0.2, 0) is 33.2 Å². The van der Waals surface area contributed by atoms with Crippen molar-refractivity contribution in [3.05, 3.63) is 24.3 Å². The van der Waals surface area contributed by atoms with E-state index < -0.39 is 124 Å². The van der Waals surface area contributed by atoms with E-state index in [0.717, 1.165) is 77.0 Å². The molecule has 0 aromatic heterocycles. The van der Waals surface area contributed by atoms with Gasteiger partial charge in [-0.05, 0) is 38.5 Å². The number of unbranched alkanes of at least 4 members (excludes halogenated alkanes) is 19. The minimum Gasteiger partial charge on any atom is -0.394 e. The van der Waals surface area contributed by atoms with Gasteiger partial charge in [-0.15, -0.1) is 0 Å². The number of ether oxygens (including phenoxy) is 6. The van der Waals surface area contributed by atoms with Crippen LogP contribution in [0.4, 0.5) is 0 Å². The highest BCUT2D eigenvalue weighted by Gasteiger charge is 2.53. The summed E-state index contributed by atoms with van der Waals surface area (Å²) < 4.78 is 34.2. The third-order valence-corrected chi connectivity index (χ3v) is 14.0. The van der Waals surface area contributed by atoms with E-state index >= 15 is 0 Å². The molecule has 1 amide bonds. The summed E-state index contributed by atoms with van der Waals surface area (Å²) in [6, 6.07) is -0.890. The summed E-state index contributed by atoms with van der Waals surface area (Å²) in [6.45, 7) is 1.68. The summed E-state index contributed by atoms with van der Waals surface area (Å²) in [7, 11) is 0. The lowest BCUT2D eigenvalue weighted by Crippen LogP contribution is -2.66. The first-order chi connectivity index (χ1) is 34.8. The van der Waals surface area contributed by atoms with Gasteiger partial charge in [-0.2, -0.15) is 0 Å². The summed E-state index contributed by atoms with van der Waals surface area (Å²) >= 11 is 0. The molecule has 72 heavy (non-hydrogen) atoms. The van der Waals surface area contributed by atoms with Gasteiger partial charge in [0.15, 0.2) is 18.9 Å². The number of hydrogen-bond donors (Lipinski definition) is 12. The van der Waals surface area contributed by atoms with Crippen LogP contribution in [0.1, 0.15) is 174 Å². The van der Waals surface area contributed by atoms with Crippen molar-refractivity contribution in [3.63, 3.8) is 0 Å². The fourth-order valence-electron chi connectivity index (χ4n) is 9.41. The zero-order chi connectivity index (χ0) is 52.7. The number of aliphatic hydroxyl groups is 11. The molecule has 0 spiro atoms. The monoisotopic (exact) mass is 1040 g/mol. The van der Waals surface area contributed by atoms with E-state index in [9.17, 15) is 61.0 Å². The molecule has 19 heteroatoms. The van der Waals surface area contributed by atoms with Gasteiger partial charge < -0.3 is 89.9 Å². The van der Waals surface area contributed by atoms with E-state index in [0.29, 0.717) is 12.8 Å². The van der Waals surface area contributed by atoms with Crippen LogP contribution in [0.3, 0.4) is 0 Å². The molecule has 17 atom stereocenters. The summed E-state index contributed by atoms with van der Waals surface area (Å²) in [5.41, 5.74) is 0. The molecule has 3 aliphatic heterocycles. The maximum absolute atomic E-state index is 13.3. The van der Waals surface area contributed by atoms with E-state index in [4.69, 9.17) is 28.4 Å². The van der Waals surface area contributed by atoms with Gasteiger partial charge in [0.05, 0.1) is 38.6 Å². The highest BCUT2D eigenvalue weighted by molar-refractivity contribution is 5.76. The average Bonchev–Trinajstić information content (AvgIpc) is 3.37. The SMILES string of the molecule is CCC/C=C\C/C=C\CCCCCCCC(=O)NC(COC1OC(CO)C(OC2OC(CO)C(OC3OC(CO)C(O)C(O)C3O)C(O)C2O)C(O)C1O)C(O)CCCCCCCCCCCCCCCC. The molecule has 3 aliphatic rings. The van der Waals surface area contributed by atoms with Crippen LogP contribution in [0.15, 0.2) is 24.3 Å². The normalized spacial score (nSPS) is 32.2. The summed E-state index contributed by atoms with van der Waals surface area (Å²) in [6.07, 6.45) is 8.45. The standard InChI is InChI=1S/C53H97NO18/c1-3-5-7-9-11-13-15-17-19-20-22-24-26-28-30-37(58)36(54-41(59)31-29-27-25-23-21-18-16-14-12-10-8-6-4-2)35-67-51-47(65)44(62)49(39(33-56)69-51)72-53-48(66)45(63)50(40(34-57)70-53)71-52-46(64)43(61)42(60)38(32-55)68-52/h8,10,14,16,36-40,42-53,55-58,60-66H,3-7,9,11-13,15,17-35H2,1-2H3,(H,54,59)/b10-8-,16-14-. The molecular formula is C53H97NO18. The van der Waals surface area contributed by atoms with Crippen LogP contribution in [-0.4, -0.2) is 193 Å². The van der Waals surface area contributed by atoms with Crippen molar-refractivity contribution >= 4 is 5.91 Å². The first kappa shape index (κ1) is 64.6. The highest BCUT2D eigenvalue weighted by Crippen LogP contribution is 2.33. The number of amides is 1. The number of hydrogen-bond acceptors (Lipinski definition) is 18. The largest absolute Gasteiger partial charge is 0.394 e. The molecule has 0 aromatic carbocycles. The van der Waals surface area contributed by atoms with Crippen LogP contribution in [0, 0.1) is 0 Å². The Hall–Kier alpha value is -1.73. The maximum Gasteiger partial charge on any atom is 0.220 e. The smallest absolute Gasteiger partial charge is 0.220 e. The Morgan fingerprint density at radius 2 is 0.944 bits per heavy atom. The minimum atomic E-state index is -1.97. The topological polar surface area (TPSA) is 307 Å². The van der Waals surface area contributed by atoms with E-state index in [1.54, 1.807) is 0 Å². The van der Waals surface area contributed by atoms with Gasteiger partial charge in [-0.1, -0.05) is 154 Å². The van der Waals surface area contributed by atoms with E-state index in [1.807, 2.05) is 0 Å². The molecule has 0 bridgehead atoms. The fraction of sp³-hybridized carbons (Fsp3) is 0.906. The zero-order valence-corrected chi connectivity index (χ0v) is 43.4. The fourth-order valence-corrected chi connectivity index (χ4v) is 9.41. The lowest BCUT2D eigenvalue weighted by Gasteiger charge is -2.48. The lowest BCUT2D eigenvalue weighted by molar-refractivity contribution is -0.379. The Kier molecular flexibility index (Phi) is 34.0. The predicted molar refractivity (Wildman–Crippen MR) is 268 cm³/mol. The van der Waals surface area contributed by atoms with E-state index in [1.165, 1.54) is 64.2 Å². The van der Waals surface area contributed by atoms with Crippen molar-refractivity contribution < 1.29 is 89.4 Å². The zero-order valence-electron chi connectivity index (χ0n) is 43.4. The minimum absolute atomic E-state index is 0.250. The number of carbonyl (C=O) groups is 1. The highest BCUT2D eigenvalue weighted by atomic mass is 16.8. The van der Waals surface area contributed by atoms with E-state index in [-0.39, 0.29) is 18.9 Å². The summed E-state index contributed by atoms with van der Waals surface area (Å²) in [5, 5.41) is 120. The molecule has 17 unspecified atom stereocenters. The van der Waals surface area contributed by atoms with Crippen LogP contribution in [0.2, 0.25) is 0 Å². The van der Waals surface area contributed by atoms with Gasteiger partial charge in [-0.25, -0.2) is 0 Å². The quantitative estimate of drug-likeness (QED) is 0.0311. The number of rotatable bonds is 39. The van der Waals surface area contributed by atoms with Crippen molar-refractivity contribution in [2.24, 2.45) is 0 Å². The number of allylic oxidation sites excluding steroid dienone is 4. The van der Waals surface area contributed by atoms with Crippen LogP contribution < -0.4 is 5.32 Å². The third-order valence-electron chi connectivity index (χ3n) is 14.0. The Morgan fingerprint density at radius 3 is 1.47 bits per heavy atom. The molecule has 0 aliphatic carbocycles. The van der Waals surface area contributed by atoms with Crippen molar-refractivity contribution in [3.8, 4) is 0 Å². The molecule has 3 saturated heterocycles. The molecule has 3 fully saturated rings. The van der Waals surface area contributed by atoms with Crippen molar-refractivity contribution in [1.29, 1.82) is 0 Å². The number of carbonyl (C=O) groups excluding carboxylic acids is 1. The van der Waals surface area contributed by atoms with Crippen molar-refractivity contribution in [1.82, 2.24) is 5.32 Å². The first-order valence-electron chi connectivity index (χ1n) is 27.6. The second kappa shape index (κ2) is 37.9. The van der Waals surface area contributed by atoms with Gasteiger partial charge >= 0.3 is 0 Å². The summed E-state index contributed by atoms with van der Waals surface area (Å²) in [5.74, 6) is -0.259. The van der Waals surface area contributed by atoms with Gasteiger partial charge in [0.1, 0.15) is 73.2 Å². The van der Waals surface area contributed by atoms with Gasteiger partial charge in [0.2, 0.25) is 5.91 Å². The Balaban J connectivity index is 1.54. The molecule has 3 heterocycles. The average molecular weight is 1040 g/mol. The molecule has 0 radical (unpaired) electrons. The van der Waals surface area contributed by atoms with Crippen molar-refractivity contribution in [2.45, 2.75) is 279 Å². The van der Waals surface area contributed by atoms with Crippen molar-refractivity contribution in [2.75, 3.05) is 26.4 Å². The molecule has 12 N–H and O–H groups in total. The molecule has 422 valence electrons. The second-order valence-electron chi connectivity index (χ2n) is 20.0. The van der Waals surface area contributed by atoms with Crippen LogP contribution in [0.25, 0.3) is 0 Å². The Labute approximate surface area is 428 Å². The van der Waals surface area contributed by atoms with Gasteiger partial charge in [0, 0.05) is 6.42 Å². The second-order valence-corrected chi connectivity index (χ2v) is 20.0. The third kappa shape index (κ3) is 22.9. The number of nitrogens with one attached hydrogen (secondary N) is 1. The first-order valence-corrected chi connectivity index (χ1v) is 27.6. The Morgan fingerprint density at radius 1 is 0.500 bits per heavy atom. The molecule has 19 nitrogen and oxygen atoms in total. The predicted octanol–water partition coefficient (Wildman–Crippen LogP) is 3.20.